The summed E-state index contributed by atoms with van der Waals surface area (Å²) in [5.41, 5.74) is 0.444. The van der Waals surface area contributed by atoms with Crippen molar-refractivity contribution in [1.82, 2.24) is 23.9 Å². The molecule has 13 nitrogen and oxygen atoms in total. The molecule has 4 heterocycles. The maximum atomic E-state index is 12.0. The Labute approximate surface area is 213 Å². The van der Waals surface area contributed by atoms with E-state index in [2.05, 4.69) is 57.8 Å². The fourth-order valence-corrected chi connectivity index (χ4v) is 5.88. The number of fused-ring (bicyclic) bond motifs is 1. The van der Waals surface area contributed by atoms with Gasteiger partial charge in [0.1, 0.15) is 14.7 Å². The summed E-state index contributed by atoms with van der Waals surface area (Å²) in [6.07, 6.45) is 1.49. The summed E-state index contributed by atoms with van der Waals surface area (Å²) < 4.78 is 26.7. The van der Waals surface area contributed by atoms with Crippen LogP contribution in [0.25, 0.3) is 11.2 Å². The molecule has 2 aliphatic heterocycles. The van der Waals surface area contributed by atoms with Crippen molar-refractivity contribution in [2.75, 3.05) is 19.7 Å². The van der Waals surface area contributed by atoms with E-state index in [0.717, 1.165) is 4.67 Å². The number of nitrogens with zero attached hydrogens (tertiary/aromatic N) is 5. The lowest BCUT2D eigenvalue weighted by atomic mass is 10.2. The highest BCUT2D eigenvalue weighted by Gasteiger charge is 2.49. The molecule has 33 heavy (non-hydrogen) atoms. The van der Waals surface area contributed by atoms with Crippen LogP contribution in [0.15, 0.2) is 12.7 Å². The molecule has 2 fully saturated rings. The van der Waals surface area contributed by atoms with Crippen molar-refractivity contribution in [1.29, 1.82) is 5.41 Å². The van der Waals surface area contributed by atoms with Crippen molar-refractivity contribution in [2.24, 2.45) is 0 Å². The van der Waals surface area contributed by atoms with E-state index in [1.165, 1.54) is 17.4 Å². The molecule has 184 valence electrons. The van der Waals surface area contributed by atoms with E-state index in [-0.39, 0.29) is 43.2 Å². The van der Waals surface area contributed by atoms with Gasteiger partial charge in [-0.1, -0.05) is 47.8 Å². The first-order valence-corrected chi connectivity index (χ1v) is 13.8. The van der Waals surface area contributed by atoms with Gasteiger partial charge in [0.2, 0.25) is 0 Å². The number of alkyl halides is 3. The van der Waals surface area contributed by atoms with Crippen LogP contribution >= 0.6 is 55.5 Å². The second-order valence-corrected chi connectivity index (χ2v) is 16.7. The zero-order valence-corrected chi connectivity index (χ0v) is 22.9. The Morgan fingerprint density at radius 3 is 2.70 bits per heavy atom. The number of imidazole rings is 1. The Kier molecular flexibility index (Phi) is 7.17. The van der Waals surface area contributed by atoms with Gasteiger partial charge in [-0.25, -0.2) is 19.2 Å². The number of aliphatic hydroxyl groups is 1. The first-order valence-electron chi connectivity index (χ1n) is 9.81. The van der Waals surface area contributed by atoms with E-state index >= 15 is 0 Å². The van der Waals surface area contributed by atoms with Gasteiger partial charge >= 0.3 is 7.75 Å². The van der Waals surface area contributed by atoms with Gasteiger partial charge in [-0.15, -0.1) is 0 Å². The molecule has 0 aliphatic carbocycles. The molecule has 4 N–H and O–H groups in total. The van der Waals surface area contributed by atoms with Crippen molar-refractivity contribution < 1.29 is 33.8 Å². The van der Waals surface area contributed by atoms with Crippen LogP contribution in [-0.4, -0.2) is 78.7 Å². The minimum absolute atomic E-state index is 0.00342. The van der Waals surface area contributed by atoms with Gasteiger partial charge in [-0.2, -0.15) is 4.73 Å². The summed E-state index contributed by atoms with van der Waals surface area (Å²) in [6, 6.07) is 0. The summed E-state index contributed by atoms with van der Waals surface area (Å²) in [5.74, 6) is -1.54. The van der Waals surface area contributed by atoms with E-state index in [4.69, 9.17) is 19.7 Å². The van der Waals surface area contributed by atoms with Crippen LogP contribution < -0.4 is 10.3 Å². The smallest absolute Gasteiger partial charge is 0.390 e. The fraction of sp³-hybridized carbons (Fsp3) is 0.688. The molecule has 2 aliphatic rings. The summed E-state index contributed by atoms with van der Waals surface area (Å²) in [6.45, 7) is 1.51. The Bertz CT molecular complexity index is 1130. The highest BCUT2D eigenvalue weighted by molar-refractivity contribution is 9.39. The van der Waals surface area contributed by atoms with Gasteiger partial charge in [-0.05, 0) is 6.92 Å². The minimum Gasteiger partial charge on any atom is -0.390 e. The van der Waals surface area contributed by atoms with E-state index in [0.29, 0.717) is 12.1 Å². The van der Waals surface area contributed by atoms with Crippen molar-refractivity contribution in [3.63, 3.8) is 0 Å². The van der Waals surface area contributed by atoms with Crippen LogP contribution in [0.4, 0.5) is 0 Å². The first-order chi connectivity index (χ1) is 15.3. The number of rotatable bonds is 5. The first kappa shape index (κ1) is 25.7. The lowest BCUT2D eigenvalue weighted by Gasteiger charge is -2.43. The van der Waals surface area contributed by atoms with Gasteiger partial charge in [0, 0.05) is 13.0 Å². The second-order valence-electron chi connectivity index (χ2n) is 7.89. The predicted octanol–water partition coefficient (Wildman–Crippen LogP) is 1.16. The molecule has 0 bridgehead atoms. The van der Waals surface area contributed by atoms with Gasteiger partial charge in [0.15, 0.2) is 16.7 Å². The lowest BCUT2D eigenvalue weighted by molar-refractivity contribution is -0.260. The predicted molar refractivity (Wildman–Crippen MR) is 125 cm³/mol. The molecular weight excluding hydrogens is 659 g/mol. The van der Waals surface area contributed by atoms with Crippen LogP contribution in [-0.2, 0) is 14.0 Å². The molecule has 0 saturated carbocycles. The van der Waals surface area contributed by atoms with E-state index < -0.39 is 28.0 Å². The Morgan fingerprint density at radius 1 is 1.36 bits per heavy atom. The van der Waals surface area contributed by atoms with E-state index in [1.807, 2.05) is 0 Å². The summed E-state index contributed by atoms with van der Waals surface area (Å²) >= 11 is 10.2. The van der Waals surface area contributed by atoms with Crippen LogP contribution in [0, 0.1) is 5.41 Å². The molecule has 17 heteroatoms. The second kappa shape index (κ2) is 9.22. The quantitative estimate of drug-likeness (QED) is 0.266. The molecule has 2 aromatic heterocycles. The lowest BCUT2D eigenvalue weighted by Crippen LogP contribution is -2.58. The summed E-state index contributed by atoms with van der Waals surface area (Å²) in [4.78, 5) is 34.0. The number of morpholine rings is 1. The number of aromatic nitrogens is 4. The average Bonchev–Trinajstić information content (AvgIpc) is 3.27. The number of nitrogens with one attached hydrogen (secondary N) is 1. The van der Waals surface area contributed by atoms with Crippen molar-refractivity contribution in [3.05, 3.63) is 18.1 Å². The molecular formula is C16H22Br3N6O7P. The highest BCUT2D eigenvalue weighted by Crippen LogP contribution is 2.47. The Morgan fingerprint density at radius 2 is 2.09 bits per heavy atom. The fourth-order valence-electron chi connectivity index (χ4n) is 3.86. The number of hydrogen-bond donors (Lipinski definition) is 4. The van der Waals surface area contributed by atoms with E-state index in [9.17, 15) is 19.5 Å². The van der Waals surface area contributed by atoms with Crippen LogP contribution in [0.2, 0.25) is 0 Å². The molecule has 0 spiro atoms. The Hall–Kier alpha value is -0.420. The summed E-state index contributed by atoms with van der Waals surface area (Å²) in [7, 11) is -4.57. The third-order valence-corrected chi connectivity index (χ3v) is 7.32. The molecule has 2 aromatic rings. The van der Waals surface area contributed by atoms with Crippen LogP contribution in [0.3, 0.4) is 0 Å². The van der Waals surface area contributed by atoms with Crippen molar-refractivity contribution in [2.45, 2.75) is 46.1 Å². The summed E-state index contributed by atoms with van der Waals surface area (Å²) in [5, 5.41) is 18.3. The number of ether oxygens (including phenoxy) is 2. The van der Waals surface area contributed by atoms with Gasteiger partial charge in [0.25, 0.3) is 5.79 Å². The average molecular weight is 681 g/mol. The van der Waals surface area contributed by atoms with Crippen molar-refractivity contribution in [3.8, 4) is 0 Å². The molecule has 1 unspecified atom stereocenters. The molecule has 0 radical (unpaired) electrons. The standard InChI is InChI=1S/C16H22Br3N6O7P/c1-9-10(26)4-11(31-9)24-7-21-12-13(20)22-8-25(14(12)24)32-15(5-16(17,18)19)6-23(2-3-30-15)33(27,28)29/h7-11,20,26H,2-6H2,1H3,(H2,27,28,29)/t9-,10+,11-,15?/m1/s1. The monoisotopic (exact) mass is 678 g/mol. The highest BCUT2D eigenvalue weighted by atomic mass is 80.0. The molecule has 0 amide bonds. The molecule has 0 aromatic carbocycles. The van der Waals surface area contributed by atoms with Gasteiger partial charge in [0.05, 0.1) is 38.1 Å². The largest absolute Gasteiger partial charge is 0.403 e. The normalized spacial score (nSPS) is 29.6. The van der Waals surface area contributed by atoms with Gasteiger partial charge in [-0.3, -0.25) is 9.98 Å². The van der Waals surface area contributed by atoms with Gasteiger partial charge < -0.3 is 29.2 Å². The van der Waals surface area contributed by atoms with Crippen LogP contribution in [0.1, 0.15) is 26.0 Å². The number of hydrogen-bond acceptors (Lipinski definition) is 8. The maximum Gasteiger partial charge on any atom is 0.403 e. The third kappa shape index (κ3) is 5.55. The maximum absolute atomic E-state index is 12.0. The van der Waals surface area contributed by atoms with Crippen molar-refractivity contribution >= 4 is 66.7 Å². The number of aliphatic hydroxyl groups excluding tert-OH is 1. The molecule has 4 atom stereocenters. The van der Waals surface area contributed by atoms with Crippen LogP contribution in [0.5, 0.6) is 0 Å². The van der Waals surface area contributed by atoms with E-state index in [1.54, 1.807) is 11.5 Å². The third-order valence-electron chi connectivity index (χ3n) is 5.40. The SMILES string of the molecule is C[C@H]1O[C@@H](n2cnc3c(=N)ncn(OC4(CC(Br)(Br)Br)CN(P(=O)(O)O)CCO4)c32)C[C@@H]1O. The zero-order chi connectivity index (χ0) is 24.2. The molecule has 2 saturated heterocycles. The minimum atomic E-state index is -4.57. The zero-order valence-electron chi connectivity index (χ0n) is 17.2. The molecule has 4 rings (SSSR count). The number of halogens is 3. The topological polar surface area (TPSA) is 168 Å². The Balaban J connectivity index is 1.78.